The molecule has 3 rings (SSSR count). The lowest BCUT2D eigenvalue weighted by atomic mass is 9.80. The Bertz CT molecular complexity index is 685. The van der Waals surface area contributed by atoms with Gasteiger partial charge in [-0.2, -0.15) is 0 Å². The van der Waals surface area contributed by atoms with Gasteiger partial charge in [-0.05, 0) is 31.0 Å². The normalized spacial score (nSPS) is 19.1. The highest BCUT2D eigenvalue weighted by Gasteiger charge is 2.40. The summed E-state index contributed by atoms with van der Waals surface area (Å²) in [7, 11) is 0. The molecule has 2 aliphatic rings. The zero-order valence-electron chi connectivity index (χ0n) is 13.0. The van der Waals surface area contributed by atoms with Crippen LogP contribution in [0.4, 0.5) is 5.69 Å². The third kappa shape index (κ3) is 3.39. The summed E-state index contributed by atoms with van der Waals surface area (Å²) in [6.45, 7) is 0.817. The summed E-state index contributed by atoms with van der Waals surface area (Å²) in [6, 6.07) is 5.08. The molecule has 0 saturated carbocycles. The Kier molecular flexibility index (Phi) is 4.77. The second-order valence-electron chi connectivity index (χ2n) is 5.93. The maximum Gasteiger partial charge on any atom is 0.311 e. The number of amides is 2. The zero-order chi connectivity index (χ0) is 17.2. The fraction of sp³-hybridized carbons (Fsp3) is 0.438. The number of fused-ring (bicyclic) bond motifs is 1. The predicted octanol–water partition coefficient (Wildman–Crippen LogP) is 1.34. The minimum atomic E-state index is -0.980. The van der Waals surface area contributed by atoms with Crippen molar-refractivity contribution in [2.75, 3.05) is 30.8 Å². The molecule has 1 saturated heterocycles. The van der Waals surface area contributed by atoms with Crippen LogP contribution in [0, 0.1) is 5.41 Å². The molecule has 8 heteroatoms. The van der Waals surface area contributed by atoms with E-state index in [4.69, 9.17) is 4.74 Å². The molecular formula is C16H18N2O5S. The molecular weight excluding hydrogens is 332 g/mol. The summed E-state index contributed by atoms with van der Waals surface area (Å²) in [4.78, 5) is 36.3. The highest BCUT2D eigenvalue weighted by atomic mass is 32.2. The summed E-state index contributed by atoms with van der Waals surface area (Å²) in [5.41, 5.74) is 0.0266. The molecule has 0 unspecified atom stereocenters. The standard InChI is InChI=1S/C16H18N2O5S/c19-13-8-24-12-2-1-10(7-11(12)18-13)14(20)17-9-16(15(21)22)3-5-23-6-4-16/h1-2,7H,3-6,8-9H2,(H,17,20)(H,18,19)(H,21,22). The van der Waals surface area contributed by atoms with Gasteiger partial charge in [0.1, 0.15) is 0 Å². The van der Waals surface area contributed by atoms with Gasteiger partial charge in [0, 0.05) is 30.2 Å². The maximum absolute atomic E-state index is 12.4. The number of carbonyl (C=O) groups is 3. The van der Waals surface area contributed by atoms with Crippen LogP contribution in [0.5, 0.6) is 0 Å². The number of benzene rings is 1. The van der Waals surface area contributed by atoms with Crippen LogP contribution in [0.25, 0.3) is 0 Å². The number of rotatable bonds is 4. The minimum Gasteiger partial charge on any atom is -0.481 e. The van der Waals surface area contributed by atoms with Crippen LogP contribution in [-0.4, -0.2) is 48.4 Å². The van der Waals surface area contributed by atoms with Gasteiger partial charge in [0.15, 0.2) is 0 Å². The van der Waals surface area contributed by atoms with Crippen molar-refractivity contribution in [2.24, 2.45) is 5.41 Å². The van der Waals surface area contributed by atoms with Crippen LogP contribution in [0.2, 0.25) is 0 Å². The number of ether oxygens (including phenoxy) is 1. The molecule has 0 radical (unpaired) electrons. The van der Waals surface area contributed by atoms with Crippen LogP contribution in [0.15, 0.2) is 23.1 Å². The van der Waals surface area contributed by atoms with Crippen molar-refractivity contribution in [1.29, 1.82) is 0 Å². The largest absolute Gasteiger partial charge is 0.481 e. The van der Waals surface area contributed by atoms with E-state index >= 15 is 0 Å². The van der Waals surface area contributed by atoms with Crippen molar-refractivity contribution < 1.29 is 24.2 Å². The molecule has 2 heterocycles. The summed E-state index contributed by atoms with van der Waals surface area (Å²) >= 11 is 1.42. The summed E-state index contributed by atoms with van der Waals surface area (Å²) in [5, 5.41) is 15.0. The molecule has 0 spiro atoms. The first-order valence-corrected chi connectivity index (χ1v) is 8.65. The van der Waals surface area contributed by atoms with E-state index in [-0.39, 0.29) is 18.4 Å². The Morgan fingerprint density at radius 2 is 2.08 bits per heavy atom. The number of nitrogens with one attached hydrogen (secondary N) is 2. The van der Waals surface area contributed by atoms with Crippen LogP contribution in [-0.2, 0) is 14.3 Å². The molecule has 1 aromatic rings. The van der Waals surface area contributed by atoms with E-state index in [1.807, 2.05) is 0 Å². The van der Waals surface area contributed by atoms with Gasteiger partial charge in [-0.1, -0.05) is 0 Å². The van der Waals surface area contributed by atoms with Gasteiger partial charge in [0.2, 0.25) is 5.91 Å². The quantitative estimate of drug-likeness (QED) is 0.757. The topological polar surface area (TPSA) is 105 Å². The van der Waals surface area contributed by atoms with Gasteiger partial charge in [-0.15, -0.1) is 11.8 Å². The van der Waals surface area contributed by atoms with Gasteiger partial charge in [0.05, 0.1) is 16.9 Å². The van der Waals surface area contributed by atoms with Crippen molar-refractivity contribution in [2.45, 2.75) is 17.7 Å². The van der Waals surface area contributed by atoms with Gasteiger partial charge in [-0.3, -0.25) is 14.4 Å². The van der Waals surface area contributed by atoms with Crippen LogP contribution in [0.3, 0.4) is 0 Å². The lowest BCUT2D eigenvalue weighted by molar-refractivity contribution is -0.154. The van der Waals surface area contributed by atoms with Crippen molar-refractivity contribution >= 4 is 35.2 Å². The second kappa shape index (κ2) is 6.82. The molecule has 0 aromatic heterocycles. The Morgan fingerprint density at radius 1 is 1.33 bits per heavy atom. The molecule has 0 atom stereocenters. The third-order valence-electron chi connectivity index (χ3n) is 4.37. The molecule has 0 aliphatic carbocycles. The van der Waals surface area contributed by atoms with Crippen LogP contribution >= 0.6 is 11.8 Å². The highest BCUT2D eigenvalue weighted by molar-refractivity contribution is 8.00. The van der Waals surface area contributed by atoms with Crippen molar-refractivity contribution in [1.82, 2.24) is 5.32 Å². The Morgan fingerprint density at radius 3 is 2.79 bits per heavy atom. The first kappa shape index (κ1) is 16.8. The van der Waals surface area contributed by atoms with E-state index in [9.17, 15) is 19.5 Å². The van der Waals surface area contributed by atoms with E-state index in [2.05, 4.69) is 10.6 Å². The monoisotopic (exact) mass is 350 g/mol. The average molecular weight is 350 g/mol. The van der Waals surface area contributed by atoms with Gasteiger partial charge < -0.3 is 20.5 Å². The molecule has 2 amide bonds. The van der Waals surface area contributed by atoms with Gasteiger partial charge in [-0.25, -0.2) is 0 Å². The zero-order valence-corrected chi connectivity index (χ0v) is 13.8. The highest BCUT2D eigenvalue weighted by Crippen LogP contribution is 2.32. The number of thioether (sulfide) groups is 1. The molecule has 3 N–H and O–H groups in total. The molecule has 1 fully saturated rings. The molecule has 2 aliphatic heterocycles. The number of carboxylic acid groups (broad SMARTS) is 1. The SMILES string of the molecule is O=C1CSc2ccc(C(=O)NCC3(C(=O)O)CCOCC3)cc2N1. The van der Waals surface area contributed by atoms with E-state index in [0.29, 0.717) is 43.1 Å². The summed E-state index contributed by atoms with van der Waals surface area (Å²) in [6.07, 6.45) is 0.749. The molecule has 1 aromatic carbocycles. The lowest BCUT2D eigenvalue weighted by Gasteiger charge is -2.33. The first-order chi connectivity index (χ1) is 11.5. The smallest absolute Gasteiger partial charge is 0.311 e. The fourth-order valence-corrected chi connectivity index (χ4v) is 3.59. The van der Waals surface area contributed by atoms with Crippen LogP contribution in [0.1, 0.15) is 23.2 Å². The number of carboxylic acids is 1. The van der Waals surface area contributed by atoms with Crippen molar-refractivity contribution in [3.63, 3.8) is 0 Å². The average Bonchev–Trinajstić information content (AvgIpc) is 2.59. The number of hydrogen-bond acceptors (Lipinski definition) is 5. The second-order valence-corrected chi connectivity index (χ2v) is 6.95. The van der Waals surface area contributed by atoms with E-state index in [1.165, 1.54) is 11.8 Å². The molecule has 7 nitrogen and oxygen atoms in total. The van der Waals surface area contributed by atoms with E-state index in [1.54, 1.807) is 18.2 Å². The predicted molar refractivity (Wildman–Crippen MR) is 88.3 cm³/mol. The Labute approximate surface area is 143 Å². The molecule has 24 heavy (non-hydrogen) atoms. The number of aliphatic carboxylic acids is 1. The van der Waals surface area contributed by atoms with E-state index in [0.717, 1.165) is 4.90 Å². The fourth-order valence-electron chi connectivity index (χ4n) is 2.80. The maximum atomic E-state index is 12.4. The molecule has 0 bridgehead atoms. The number of anilines is 1. The third-order valence-corrected chi connectivity index (χ3v) is 5.44. The minimum absolute atomic E-state index is 0.0583. The van der Waals surface area contributed by atoms with Gasteiger partial charge in [0.25, 0.3) is 5.91 Å². The molecule has 128 valence electrons. The Hall–Kier alpha value is -2.06. The van der Waals surface area contributed by atoms with E-state index < -0.39 is 11.4 Å². The van der Waals surface area contributed by atoms with Crippen LogP contribution < -0.4 is 10.6 Å². The van der Waals surface area contributed by atoms with Crippen molar-refractivity contribution in [3.8, 4) is 0 Å². The van der Waals surface area contributed by atoms with Gasteiger partial charge >= 0.3 is 5.97 Å². The van der Waals surface area contributed by atoms with Crippen molar-refractivity contribution in [3.05, 3.63) is 23.8 Å². The summed E-state index contributed by atoms with van der Waals surface area (Å²) in [5.74, 6) is -1.01. The number of carbonyl (C=O) groups excluding carboxylic acids is 2. The number of hydrogen-bond donors (Lipinski definition) is 3. The summed E-state index contributed by atoms with van der Waals surface area (Å²) < 4.78 is 5.22. The Balaban J connectivity index is 1.69. The lowest BCUT2D eigenvalue weighted by Crippen LogP contribution is -2.46. The first-order valence-electron chi connectivity index (χ1n) is 7.66.